The Morgan fingerprint density at radius 1 is 1.64 bits per heavy atom. The van der Waals surface area contributed by atoms with E-state index < -0.39 is 5.82 Å². The van der Waals surface area contributed by atoms with Crippen LogP contribution in [0, 0.1) is 5.82 Å². The summed E-state index contributed by atoms with van der Waals surface area (Å²) in [7, 11) is 0. The summed E-state index contributed by atoms with van der Waals surface area (Å²) in [5, 5.41) is 0.0819. The molecule has 0 saturated heterocycles. The van der Waals surface area contributed by atoms with Crippen molar-refractivity contribution in [3.8, 4) is 0 Å². The van der Waals surface area contributed by atoms with E-state index in [4.69, 9.17) is 17.4 Å². The van der Waals surface area contributed by atoms with E-state index in [-0.39, 0.29) is 11.1 Å². The molecule has 1 aromatic carbocycles. The van der Waals surface area contributed by atoms with Crippen LogP contribution < -0.4 is 11.3 Å². The van der Waals surface area contributed by atoms with E-state index in [0.29, 0.717) is 5.56 Å². The van der Waals surface area contributed by atoms with E-state index in [1.165, 1.54) is 6.07 Å². The Morgan fingerprint density at radius 3 is 2.79 bits per heavy atom. The summed E-state index contributed by atoms with van der Waals surface area (Å²) in [6.45, 7) is 5.55. The lowest BCUT2D eigenvalue weighted by Crippen LogP contribution is -2.28. The summed E-state index contributed by atoms with van der Waals surface area (Å²) in [5.41, 5.74) is 3.91. The van der Waals surface area contributed by atoms with Gasteiger partial charge in [0.15, 0.2) is 0 Å². The van der Waals surface area contributed by atoms with Gasteiger partial charge in [0.05, 0.1) is 11.1 Å². The number of rotatable bonds is 3. The Labute approximate surface area is 87.5 Å². The molecule has 0 radical (unpaired) electrons. The maximum atomic E-state index is 13.1. The van der Waals surface area contributed by atoms with Crippen LogP contribution in [0.25, 0.3) is 0 Å². The number of halogens is 2. The summed E-state index contributed by atoms with van der Waals surface area (Å²) >= 11 is 5.80. The van der Waals surface area contributed by atoms with E-state index in [1.807, 2.05) is 0 Å². The van der Waals surface area contributed by atoms with Gasteiger partial charge in [-0.2, -0.15) is 0 Å². The van der Waals surface area contributed by atoms with Crippen LogP contribution in [-0.4, -0.2) is 0 Å². The average Bonchev–Trinajstić information content (AvgIpc) is 2.13. The first-order chi connectivity index (χ1) is 6.57. The molecule has 76 valence electrons. The third kappa shape index (κ3) is 2.12. The van der Waals surface area contributed by atoms with Gasteiger partial charge in [-0.1, -0.05) is 35.9 Å². The van der Waals surface area contributed by atoms with Gasteiger partial charge < -0.3 is 0 Å². The van der Waals surface area contributed by atoms with Gasteiger partial charge in [-0.3, -0.25) is 5.84 Å². The molecule has 0 aliphatic heterocycles. The van der Waals surface area contributed by atoms with Crippen molar-refractivity contribution in [3.05, 3.63) is 46.8 Å². The predicted molar refractivity (Wildman–Crippen MR) is 56.3 cm³/mol. The molecular weight excluding hydrogens is 203 g/mol. The zero-order chi connectivity index (χ0) is 10.7. The Bertz CT molecular complexity index is 352. The second kappa shape index (κ2) is 4.55. The minimum atomic E-state index is -0.453. The lowest BCUT2D eigenvalue weighted by molar-refractivity contribution is 0.601. The zero-order valence-corrected chi connectivity index (χ0v) is 8.61. The van der Waals surface area contributed by atoms with E-state index in [0.717, 1.165) is 5.57 Å². The standard InChI is InChI=1S/C10H12ClFN2/c1-6(2)10(14-13)7-4-3-5-8(12)9(7)11/h3-5,10,14H,1,13H2,2H3. The molecule has 0 spiro atoms. The molecule has 2 nitrogen and oxygen atoms in total. The fraction of sp³-hybridized carbons (Fsp3) is 0.200. The quantitative estimate of drug-likeness (QED) is 0.461. The molecule has 0 aromatic heterocycles. The fourth-order valence-corrected chi connectivity index (χ4v) is 1.48. The highest BCUT2D eigenvalue weighted by Crippen LogP contribution is 2.28. The van der Waals surface area contributed by atoms with Crippen molar-refractivity contribution in [2.75, 3.05) is 0 Å². The van der Waals surface area contributed by atoms with Crippen molar-refractivity contribution < 1.29 is 4.39 Å². The van der Waals surface area contributed by atoms with Crippen molar-refractivity contribution in [3.63, 3.8) is 0 Å². The average molecular weight is 215 g/mol. The molecule has 0 aliphatic rings. The summed E-state index contributed by atoms with van der Waals surface area (Å²) in [6.07, 6.45) is 0. The molecule has 0 aliphatic carbocycles. The number of hydrogen-bond donors (Lipinski definition) is 2. The zero-order valence-electron chi connectivity index (χ0n) is 7.85. The van der Waals surface area contributed by atoms with Crippen LogP contribution in [0.15, 0.2) is 30.4 Å². The molecular formula is C10H12ClFN2. The molecule has 0 bridgehead atoms. The van der Waals surface area contributed by atoms with E-state index >= 15 is 0 Å². The van der Waals surface area contributed by atoms with Gasteiger partial charge >= 0.3 is 0 Å². The Kier molecular flexibility index (Phi) is 3.63. The van der Waals surface area contributed by atoms with Crippen LogP contribution in [0.2, 0.25) is 5.02 Å². The van der Waals surface area contributed by atoms with Crippen LogP contribution in [0.3, 0.4) is 0 Å². The van der Waals surface area contributed by atoms with E-state index in [1.54, 1.807) is 19.1 Å². The minimum absolute atomic E-state index is 0.0819. The molecule has 0 heterocycles. The number of nitrogens with two attached hydrogens (primary N) is 1. The second-order valence-electron chi connectivity index (χ2n) is 3.09. The SMILES string of the molecule is C=C(C)C(NN)c1cccc(F)c1Cl. The molecule has 14 heavy (non-hydrogen) atoms. The highest BCUT2D eigenvalue weighted by molar-refractivity contribution is 6.31. The molecule has 1 aromatic rings. The number of hydrogen-bond acceptors (Lipinski definition) is 2. The van der Waals surface area contributed by atoms with Crippen LogP contribution in [-0.2, 0) is 0 Å². The monoisotopic (exact) mass is 214 g/mol. The molecule has 4 heteroatoms. The van der Waals surface area contributed by atoms with Crippen LogP contribution in [0.5, 0.6) is 0 Å². The number of hydrazine groups is 1. The van der Waals surface area contributed by atoms with Gasteiger partial charge in [-0.15, -0.1) is 0 Å². The van der Waals surface area contributed by atoms with Gasteiger partial charge in [0.25, 0.3) is 0 Å². The lowest BCUT2D eigenvalue weighted by Gasteiger charge is -2.17. The summed E-state index contributed by atoms with van der Waals surface area (Å²) < 4.78 is 13.1. The first-order valence-electron chi connectivity index (χ1n) is 4.13. The van der Waals surface area contributed by atoms with Crippen molar-refractivity contribution in [1.29, 1.82) is 0 Å². The summed E-state index contributed by atoms with van der Waals surface area (Å²) in [5.74, 6) is 4.88. The van der Waals surface area contributed by atoms with Gasteiger partial charge in [-0.05, 0) is 18.6 Å². The fourth-order valence-electron chi connectivity index (χ4n) is 1.24. The minimum Gasteiger partial charge on any atom is -0.271 e. The van der Waals surface area contributed by atoms with E-state index in [2.05, 4.69) is 12.0 Å². The van der Waals surface area contributed by atoms with Crippen molar-refractivity contribution in [1.82, 2.24) is 5.43 Å². The van der Waals surface area contributed by atoms with Crippen LogP contribution in [0.4, 0.5) is 4.39 Å². The largest absolute Gasteiger partial charge is 0.271 e. The topological polar surface area (TPSA) is 38.0 Å². The Hall–Kier alpha value is -0.900. The number of nitrogens with one attached hydrogen (secondary N) is 1. The van der Waals surface area contributed by atoms with Crippen molar-refractivity contribution in [2.24, 2.45) is 5.84 Å². The molecule has 0 amide bonds. The third-order valence-electron chi connectivity index (χ3n) is 1.95. The smallest absolute Gasteiger partial charge is 0.142 e. The van der Waals surface area contributed by atoms with Gasteiger partial charge in [0, 0.05) is 0 Å². The normalized spacial score (nSPS) is 12.6. The second-order valence-corrected chi connectivity index (χ2v) is 3.47. The molecule has 1 unspecified atom stereocenters. The van der Waals surface area contributed by atoms with Gasteiger partial charge in [-0.25, -0.2) is 9.82 Å². The van der Waals surface area contributed by atoms with Crippen LogP contribution in [0.1, 0.15) is 18.5 Å². The third-order valence-corrected chi connectivity index (χ3v) is 2.35. The van der Waals surface area contributed by atoms with Gasteiger partial charge in [0.2, 0.25) is 0 Å². The first kappa shape index (κ1) is 11.2. The summed E-state index contributed by atoms with van der Waals surface area (Å²) in [4.78, 5) is 0. The molecule has 1 atom stereocenters. The number of benzene rings is 1. The highest BCUT2D eigenvalue weighted by Gasteiger charge is 2.15. The lowest BCUT2D eigenvalue weighted by atomic mass is 10.0. The van der Waals surface area contributed by atoms with Crippen LogP contribution >= 0.6 is 11.6 Å². The van der Waals surface area contributed by atoms with Crippen molar-refractivity contribution >= 4 is 11.6 Å². The molecule has 0 saturated carbocycles. The first-order valence-corrected chi connectivity index (χ1v) is 4.51. The molecule has 0 fully saturated rings. The highest BCUT2D eigenvalue weighted by atomic mass is 35.5. The maximum Gasteiger partial charge on any atom is 0.142 e. The summed E-state index contributed by atoms with van der Waals surface area (Å²) in [6, 6.07) is 4.28. The van der Waals surface area contributed by atoms with Gasteiger partial charge in [0.1, 0.15) is 5.82 Å². The maximum absolute atomic E-state index is 13.1. The Morgan fingerprint density at radius 2 is 2.29 bits per heavy atom. The molecule has 1 rings (SSSR count). The molecule has 3 N–H and O–H groups in total. The van der Waals surface area contributed by atoms with Crippen molar-refractivity contribution in [2.45, 2.75) is 13.0 Å². The predicted octanol–water partition coefficient (Wildman–Crippen LogP) is 2.56. The van der Waals surface area contributed by atoms with E-state index in [9.17, 15) is 4.39 Å². The Balaban J connectivity index is 3.16.